The van der Waals surface area contributed by atoms with Gasteiger partial charge in [-0.3, -0.25) is 29.0 Å². The maximum Gasteiger partial charge on any atom is 0.236 e. The first-order valence-electron chi connectivity index (χ1n) is 17.1. The second kappa shape index (κ2) is 21.6. The van der Waals surface area contributed by atoms with Crippen molar-refractivity contribution in [3.63, 3.8) is 0 Å². The molecule has 2 aliphatic rings. The van der Waals surface area contributed by atoms with Gasteiger partial charge in [0, 0.05) is 25.9 Å². The molecule has 8 heteroatoms. The van der Waals surface area contributed by atoms with Crippen LogP contribution in [0.25, 0.3) is 0 Å². The highest BCUT2D eigenvalue weighted by atomic mass is 16.2. The minimum Gasteiger partial charge on any atom is -0.330 e. The highest BCUT2D eigenvalue weighted by Gasteiger charge is 2.39. The number of hydrogen-bond donors (Lipinski definition) is 2. The molecule has 4 amide bonds. The Kier molecular flexibility index (Phi) is 18.6. The van der Waals surface area contributed by atoms with E-state index in [-0.39, 0.29) is 42.4 Å². The van der Waals surface area contributed by atoms with E-state index in [1.165, 1.54) is 74.0 Å². The molecule has 4 N–H and O–H groups in total. The van der Waals surface area contributed by atoms with E-state index >= 15 is 0 Å². The summed E-state index contributed by atoms with van der Waals surface area (Å²) in [7, 11) is 0. The standard InChI is InChI=1S/C34H60N4O4/c1-28(24-29-26-31(39)37(33(29)41)22-18-14-10-6-2-4-8-12-16-20-35)25-30-27-32(40)38(34(30)42)23-19-15-11-7-3-5-9-13-17-21-36/h24,29-30H,2-23,25-27,35-36H2,1H3. The Morgan fingerprint density at radius 3 is 1.43 bits per heavy atom. The second-order valence-corrected chi connectivity index (χ2v) is 12.6. The van der Waals surface area contributed by atoms with Gasteiger partial charge in [-0.05, 0) is 52.1 Å². The zero-order valence-electron chi connectivity index (χ0n) is 26.6. The van der Waals surface area contributed by atoms with Crippen molar-refractivity contribution >= 4 is 23.6 Å². The number of hydrogen-bond acceptors (Lipinski definition) is 6. The van der Waals surface area contributed by atoms with Gasteiger partial charge in [-0.1, -0.05) is 102 Å². The van der Waals surface area contributed by atoms with Crippen molar-refractivity contribution < 1.29 is 19.2 Å². The predicted octanol–water partition coefficient (Wildman–Crippen LogP) is 6.01. The zero-order valence-corrected chi connectivity index (χ0v) is 26.6. The topological polar surface area (TPSA) is 127 Å². The Balaban J connectivity index is 1.64. The lowest BCUT2D eigenvalue weighted by Crippen LogP contribution is -2.32. The first-order chi connectivity index (χ1) is 20.4. The molecule has 0 bridgehead atoms. The van der Waals surface area contributed by atoms with Crippen LogP contribution in [0.15, 0.2) is 11.6 Å². The van der Waals surface area contributed by atoms with Crippen molar-refractivity contribution in [3.8, 4) is 0 Å². The van der Waals surface area contributed by atoms with Crippen LogP contribution in [0.5, 0.6) is 0 Å². The Morgan fingerprint density at radius 1 is 0.595 bits per heavy atom. The van der Waals surface area contributed by atoms with Gasteiger partial charge in [0.2, 0.25) is 23.6 Å². The number of allylic oxidation sites excluding steroid dienone is 1. The van der Waals surface area contributed by atoms with Gasteiger partial charge < -0.3 is 11.5 Å². The fourth-order valence-electron chi connectivity index (χ4n) is 6.32. The molecule has 2 heterocycles. The van der Waals surface area contributed by atoms with Crippen LogP contribution in [0.4, 0.5) is 0 Å². The molecule has 42 heavy (non-hydrogen) atoms. The van der Waals surface area contributed by atoms with Crippen LogP contribution in [0.2, 0.25) is 0 Å². The van der Waals surface area contributed by atoms with Gasteiger partial charge in [-0.2, -0.15) is 0 Å². The molecular formula is C34H60N4O4. The molecule has 0 aromatic carbocycles. The predicted molar refractivity (Wildman–Crippen MR) is 169 cm³/mol. The molecule has 0 radical (unpaired) electrons. The van der Waals surface area contributed by atoms with Gasteiger partial charge in [0.15, 0.2) is 0 Å². The number of likely N-dealkylation sites (tertiary alicyclic amines) is 2. The van der Waals surface area contributed by atoms with E-state index in [1.807, 2.05) is 13.0 Å². The van der Waals surface area contributed by atoms with E-state index in [1.54, 1.807) is 0 Å². The van der Waals surface area contributed by atoms with Crippen molar-refractivity contribution in [2.24, 2.45) is 23.3 Å². The lowest BCUT2D eigenvalue weighted by atomic mass is 9.95. The molecule has 240 valence electrons. The van der Waals surface area contributed by atoms with Crippen LogP contribution in [0.1, 0.15) is 142 Å². The van der Waals surface area contributed by atoms with Crippen LogP contribution in [-0.2, 0) is 19.2 Å². The number of nitrogens with two attached hydrogens (primary N) is 2. The van der Waals surface area contributed by atoms with Gasteiger partial charge in [-0.25, -0.2) is 0 Å². The normalized spacial score (nSPS) is 19.6. The van der Waals surface area contributed by atoms with Crippen molar-refractivity contribution in [1.82, 2.24) is 9.80 Å². The van der Waals surface area contributed by atoms with E-state index in [2.05, 4.69) is 0 Å². The highest BCUT2D eigenvalue weighted by Crippen LogP contribution is 2.29. The average molecular weight is 589 g/mol. The number of rotatable bonds is 25. The van der Waals surface area contributed by atoms with E-state index in [9.17, 15) is 19.2 Å². The van der Waals surface area contributed by atoms with E-state index in [4.69, 9.17) is 11.5 Å². The van der Waals surface area contributed by atoms with Gasteiger partial charge in [-0.15, -0.1) is 0 Å². The molecule has 0 aliphatic carbocycles. The highest BCUT2D eigenvalue weighted by molar-refractivity contribution is 6.05. The van der Waals surface area contributed by atoms with Crippen molar-refractivity contribution in [2.45, 2.75) is 142 Å². The molecule has 2 rings (SSSR count). The molecule has 8 nitrogen and oxygen atoms in total. The maximum atomic E-state index is 13.0. The first kappa shape index (κ1) is 36.1. The summed E-state index contributed by atoms with van der Waals surface area (Å²) >= 11 is 0. The lowest BCUT2D eigenvalue weighted by molar-refractivity contribution is -0.140. The summed E-state index contributed by atoms with van der Waals surface area (Å²) in [5, 5.41) is 0. The molecule has 2 unspecified atom stereocenters. The van der Waals surface area contributed by atoms with Crippen LogP contribution in [0.3, 0.4) is 0 Å². The van der Waals surface area contributed by atoms with E-state index in [0.29, 0.717) is 19.5 Å². The van der Waals surface area contributed by atoms with Gasteiger partial charge in [0.1, 0.15) is 0 Å². The van der Waals surface area contributed by atoms with E-state index < -0.39 is 5.92 Å². The summed E-state index contributed by atoms with van der Waals surface area (Å²) in [4.78, 5) is 53.9. The quantitative estimate of drug-likeness (QED) is 0.0764. The maximum absolute atomic E-state index is 13.0. The van der Waals surface area contributed by atoms with Crippen molar-refractivity contribution in [1.29, 1.82) is 0 Å². The molecular weight excluding hydrogens is 528 g/mol. The van der Waals surface area contributed by atoms with Crippen LogP contribution in [-0.4, -0.2) is 59.6 Å². The number of amides is 4. The summed E-state index contributed by atoms with van der Waals surface area (Å²) in [5.74, 6) is -1.19. The van der Waals surface area contributed by atoms with E-state index in [0.717, 1.165) is 70.0 Å². The molecule has 2 atom stereocenters. The van der Waals surface area contributed by atoms with Gasteiger partial charge >= 0.3 is 0 Å². The number of nitrogens with zero attached hydrogens (tertiary/aromatic N) is 2. The summed E-state index contributed by atoms with van der Waals surface area (Å²) in [6.45, 7) is 4.47. The van der Waals surface area contributed by atoms with Crippen LogP contribution >= 0.6 is 0 Å². The molecule has 2 fully saturated rings. The number of unbranched alkanes of at least 4 members (excludes halogenated alkanes) is 16. The molecule has 0 aromatic rings. The average Bonchev–Trinajstić information content (AvgIpc) is 3.38. The van der Waals surface area contributed by atoms with Gasteiger partial charge in [0.25, 0.3) is 0 Å². The Morgan fingerprint density at radius 2 is 0.976 bits per heavy atom. The molecule has 2 aliphatic heterocycles. The SMILES string of the molecule is CC(=CC1CC(=O)N(CCCCCCCCCCCN)C1=O)CC1CC(=O)N(CCCCCCCCCCCN)C1=O. The Hall–Kier alpha value is -2.06. The summed E-state index contributed by atoms with van der Waals surface area (Å²) in [6, 6.07) is 0. The fourth-order valence-corrected chi connectivity index (χ4v) is 6.32. The summed E-state index contributed by atoms with van der Waals surface area (Å²) in [5.41, 5.74) is 12.0. The minimum absolute atomic E-state index is 0.0809. The number of carbonyl (C=O) groups excluding carboxylic acids is 4. The zero-order chi connectivity index (χ0) is 30.6. The largest absolute Gasteiger partial charge is 0.330 e. The smallest absolute Gasteiger partial charge is 0.236 e. The van der Waals surface area contributed by atoms with Crippen LogP contribution in [0, 0.1) is 11.8 Å². The number of imide groups is 2. The molecule has 0 spiro atoms. The summed E-state index contributed by atoms with van der Waals surface area (Å²) in [6.07, 6.45) is 23.4. The number of carbonyl (C=O) groups is 4. The monoisotopic (exact) mass is 588 g/mol. The Bertz CT molecular complexity index is 858. The second-order valence-electron chi connectivity index (χ2n) is 12.6. The first-order valence-corrected chi connectivity index (χ1v) is 17.1. The summed E-state index contributed by atoms with van der Waals surface area (Å²) < 4.78 is 0. The lowest BCUT2D eigenvalue weighted by Gasteiger charge is -2.16. The molecule has 0 aromatic heterocycles. The minimum atomic E-state index is -0.449. The Labute approximate surface area is 255 Å². The third-order valence-corrected chi connectivity index (χ3v) is 8.84. The fraction of sp³-hybridized carbons (Fsp3) is 0.824. The van der Waals surface area contributed by atoms with Crippen molar-refractivity contribution in [2.75, 3.05) is 26.2 Å². The molecule has 0 saturated carbocycles. The third kappa shape index (κ3) is 13.5. The third-order valence-electron chi connectivity index (χ3n) is 8.84. The molecule has 2 saturated heterocycles. The van der Waals surface area contributed by atoms with Crippen LogP contribution < -0.4 is 11.5 Å². The van der Waals surface area contributed by atoms with Crippen molar-refractivity contribution in [3.05, 3.63) is 11.6 Å². The van der Waals surface area contributed by atoms with Gasteiger partial charge in [0.05, 0.1) is 11.8 Å².